The Hall–Kier alpha value is -0.800. The van der Waals surface area contributed by atoms with E-state index in [1.807, 2.05) is 0 Å². The minimum absolute atomic E-state index is 0.0187. The van der Waals surface area contributed by atoms with E-state index in [-0.39, 0.29) is 10.6 Å². The van der Waals surface area contributed by atoms with Gasteiger partial charge in [-0.3, -0.25) is 4.79 Å². The Morgan fingerprint density at radius 1 is 1.29 bits per heavy atom. The maximum Gasteiger partial charge on any atom is 0.254 e. The molecule has 0 aliphatic carbocycles. The van der Waals surface area contributed by atoms with Gasteiger partial charge in [0.15, 0.2) is 5.82 Å². The zero-order valence-corrected chi connectivity index (χ0v) is 10.8. The van der Waals surface area contributed by atoms with Crippen molar-refractivity contribution in [3.8, 4) is 0 Å². The molecule has 0 bridgehead atoms. The predicted molar refractivity (Wildman–Crippen MR) is 68.3 cm³/mol. The van der Waals surface area contributed by atoms with E-state index in [0.717, 1.165) is 19.3 Å². The topological polar surface area (TPSA) is 29.1 Å². The minimum Gasteiger partial charge on any atom is -0.352 e. The maximum absolute atomic E-state index is 13.5. The molecule has 2 nitrogen and oxygen atoms in total. The van der Waals surface area contributed by atoms with E-state index >= 15 is 0 Å². The van der Waals surface area contributed by atoms with Crippen LogP contribution in [-0.4, -0.2) is 18.3 Å². The number of amides is 1. The SMILES string of the molecule is O=C(NCCCCCCl)c1cccc(Cl)c1F. The van der Waals surface area contributed by atoms with E-state index in [9.17, 15) is 9.18 Å². The average Bonchev–Trinajstić information content (AvgIpc) is 2.32. The van der Waals surface area contributed by atoms with Crippen LogP contribution in [-0.2, 0) is 0 Å². The third kappa shape index (κ3) is 4.52. The smallest absolute Gasteiger partial charge is 0.254 e. The normalized spacial score (nSPS) is 10.3. The van der Waals surface area contributed by atoms with Crippen molar-refractivity contribution < 1.29 is 9.18 Å². The van der Waals surface area contributed by atoms with E-state index in [0.29, 0.717) is 12.4 Å². The second-order valence-corrected chi connectivity index (χ2v) is 4.39. The maximum atomic E-state index is 13.5. The van der Waals surface area contributed by atoms with Crippen molar-refractivity contribution in [3.05, 3.63) is 34.6 Å². The van der Waals surface area contributed by atoms with Gasteiger partial charge in [-0.15, -0.1) is 11.6 Å². The fourth-order valence-electron chi connectivity index (χ4n) is 1.37. The molecule has 0 aromatic heterocycles. The highest BCUT2D eigenvalue weighted by atomic mass is 35.5. The first-order valence-electron chi connectivity index (χ1n) is 5.45. The summed E-state index contributed by atoms with van der Waals surface area (Å²) in [6, 6.07) is 4.37. The minimum atomic E-state index is -0.674. The molecule has 0 unspecified atom stereocenters. The Morgan fingerprint density at radius 3 is 2.76 bits per heavy atom. The lowest BCUT2D eigenvalue weighted by atomic mass is 10.2. The summed E-state index contributed by atoms with van der Waals surface area (Å²) in [6.07, 6.45) is 2.70. The molecule has 0 spiro atoms. The van der Waals surface area contributed by atoms with Crippen LogP contribution in [0.5, 0.6) is 0 Å². The van der Waals surface area contributed by atoms with Crippen LogP contribution < -0.4 is 5.32 Å². The van der Waals surface area contributed by atoms with Gasteiger partial charge >= 0.3 is 0 Å². The van der Waals surface area contributed by atoms with Crippen LogP contribution in [0.3, 0.4) is 0 Å². The van der Waals surface area contributed by atoms with Gasteiger partial charge in [0.1, 0.15) is 0 Å². The molecule has 0 radical (unpaired) electrons. The molecule has 17 heavy (non-hydrogen) atoms. The second kappa shape index (κ2) is 7.51. The summed E-state index contributed by atoms with van der Waals surface area (Å²) in [6.45, 7) is 0.516. The molecule has 1 N–H and O–H groups in total. The number of benzene rings is 1. The highest BCUT2D eigenvalue weighted by molar-refractivity contribution is 6.31. The second-order valence-electron chi connectivity index (χ2n) is 3.61. The van der Waals surface area contributed by atoms with Gasteiger partial charge in [-0.1, -0.05) is 24.1 Å². The van der Waals surface area contributed by atoms with Crippen molar-refractivity contribution in [1.82, 2.24) is 5.32 Å². The van der Waals surface area contributed by atoms with Gasteiger partial charge in [-0.05, 0) is 25.0 Å². The summed E-state index contributed by atoms with van der Waals surface area (Å²) in [7, 11) is 0. The monoisotopic (exact) mass is 277 g/mol. The van der Waals surface area contributed by atoms with Crippen LogP contribution in [0.2, 0.25) is 5.02 Å². The molecule has 1 aromatic carbocycles. The van der Waals surface area contributed by atoms with E-state index < -0.39 is 11.7 Å². The molecule has 0 atom stereocenters. The predicted octanol–water partition coefficient (Wildman–Crippen LogP) is 3.62. The van der Waals surface area contributed by atoms with Gasteiger partial charge in [0.05, 0.1) is 10.6 Å². The number of nitrogens with one attached hydrogen (secondary N) is 1. The Bertz CT molecular complexity index is 385. The number of carbonyl (C=O) groups is 1. The van der Waals surface area contributed by atoms with Crippen LogP contribution in [0, 0.1) is 5.82 Å². The van der Waals surface area contributed by atoms with Crippen molar-refractivity contribution in [2.45, 2.75) is 19.3 Å². The molecule has 0 heterocycles. The van der Waals surface area contributed by atoms with Crippen LogP contribution >= 0.6 is 23.2 Å². The van der Waals surface area contributed by atoms with Crippen LogP contribution in [0.15, 0.2) is 18.2 Å². The van der Waals surface area contributed by atoms with Crippen molar-refractivity contribution >= 4 is 29.1 Å². The molecule has 0 saturated heterocycles. The van der Waals surface area contributed by atoms with Crippen LogP contribution in [0.1, 0.15) is 29.6 Å². The highest BCUT2D eigenvalue weighted by Gasteiger charge is 2.12. The molecule has 1 amide bonds. The summed E-state index contributed by atoms with van der Waals surface area (Å²) in [5, 5.41) is 2.60. The van der Waals surface area contributed by atoms with Crippen molar-refractivity contribution in [3.63, 3.8) is 0 Å². The van der Waals surface area contributed by atoms with E-state index in [1.165, 1.54) is 12.1 Å². The lowest BCUT2D eigenvalue weighted by molar-refractivity contribution is 0.0949. The first-order chi connectivity index (χ1) is 8.16. The highest BCUT2D eigenvalue weighted by Crippen LogP contribution is 2.17. The fourth-order valence-corrected chi connectivity index (χ4v) is 1.74. The summed E-state index contributed by atoms with van der Waals surface area (Å²) in [5.74, 6) is -0.486. The lowest BCUT2D eigenvalue weighted by Gasteiger charge is -2.06. The van der Waals surface area contributed by atoms with Crippen molar-refractivity contribution in [2.75, 3.05) is 12.4 Å². The van der Waals surface area contributed by atoms with Crippen molar-refractivity contribution in [2.24, 2.45) is 0 Å². The van der Waals surface area contributed by atoms with E-state index in [2.05, 4.69) is 5.32 Å². The van der Waals surface area contributed by atoms with Gasteiger partial charge in [0.2, 0.25) is 0 Å². The zero-order chi connectivity index (χ0) is 12.7. The fraction of sp³-hybridized carbons (Fsp3) is 0.417. The third-order valence-corrected chi connectivity index (χ3v) is 2.85. The summed E-state index contributed by atoms with van der Waals surface area (Å²) in [5.41, 5.74) is -0.0187. The zero-order valence-electron chi connectivity index (χ0n) is 9.31. The van der Waals surface area contributed by atoms with Crippen molar-refractivity contribution in [1.29, 1.82) is 0 Å². The average molecular weight is 278 g/mol. The van der Waals surface area contributed by atoms with Gasteiger partial charge in [-0.25, -0.2) is 4.39 Å². The number of hydrogen-bond donors (Lipinski definition) is 1. The standard InChI is InChI=1S/C12H14Cl2FNO/c13-7-2-1-3-8-16-12(17)9-5-4-6-10(14)11(9)15/h4-6H,1-3,7-8H2,(H,16,17). The summed E-state index contributed by atoms with van der Waals surface area (Å²) in [4.78, 5) is 11.6. The van der Waals surface area contributed by atoms with Gasteiger partial charge in [0, 0.05) is 12.4 Å². The molecule has 0 fully saturated rings. The first kappa shape index (κ1) is 14.3. The quantitative estimate of drug-likeness (QED) is 0.625. The molecule has 94 valence electrons. The molecule has 0 saturated carbocycles. The molecule has 5 heteroatoms. The molecule has 0 aliphatic rings. The van der Waals surface area contributed by atoms with Crippen LogP contribution in [0.4, 0.5) is 4.39 Å². The summed E-state index contributed by atoms with van der Waals surface area (Å²) >= 11 is 11.1. The van der Waals surface area contributed by atoms with E-state index in [4.69, 9.17) is 23.2 Å². The number of hydrogen-bond acceptors (Lipinski definition) is 1. The number of halogens is 3. The van der Waals surface area contributed by atoms with Gasteiger partial charge < -0.3 is 5.32 Å². The Labute approximate surface area is 110 Å². The molecular formula is C12H14Cl2FNO. The van der Waals surface area contributed by atoms with E-state index in [1.54, 1.807) is 6.07 Å². The third-order valence-electron chi connectivity index (χ3n) is 2.29. The molecule has 0 aliphatic heterocycles. The van der Waals surface area contributed by atoms with Gasteiger partial charge in [0.25, 0.3) is 5.91 Å². The van der Waals surface area contributed by atoms with Crippen LogP contribution in [0.25, 0.3) is 0 Å². The number of unbranched alkanes of at least 4 members (excludes halogenated alkanes) is 2. The molecular weight excluding hydrogens is 264 g/mol. The first-order valence-corrected chi connectivity index (χ1v) is 6.36. The van der Waals surface area contributed by atoms with Gasteiger partial charge in [-0.2, -0.15) is 0 Å². The number of carbonyl (C=O) groups excluding carboxylic acids is 1. The molecule has 1 rings (SSSR count). The molecule has 1 aromatic rings. The Morgan fingerprint density at radius 2 is 2.06 bits per heavy atom. The number of rotatable bonds is 6. The Kier molecular flexibility index (Phi) is 6.30. The summed E-state index contributed by atoms with van der Waals surface area (Å²) < 4.78 is 13.5. The number of alkyl halides is 1. The lowest BCUT2D eigenvalue weighted by Crippen LogP contribution is -2.25. The Balaban J connectivity index is 2.44. The largest absolute Gasteiger partial charge is 0.352 e.